The highest BCUT2D eigenvalue weighted by Crippen LogP contribution is 2.38. The fourth-order valence-corrected chi connectivity index (χ4v) is 2.69. The lowest BCUT2D eigenvalue weighted by Gasteiger charge is -2.34. The normalized spacial score (nSPS) is 19.8. The molecule has 0 radical (unpaired) electrons. The van der Waals surface area contributed by atoms with Gasteiger partial charge in [-0.25, -0.2) is 0 Å². The van der Waals surface area contributed by atoms with E-state index in [1.54, 1.807) is 6.07 Å². The lowest BCUT2D eigenvalue weighted by atomic mass is 9.76. The third kappa shape index (κ3) is 3.43. The van der Waals surface area contributed by atoms with Gasteiger partial charge in [0, 0.05) is 0 Å². The fourth-order valence-electron chi connectivity index (χ4n) is 2.16. The molecular formula is C13H16Cl3NO. The molecule has 5 heteroatoms. The number of hydrogen-bond donors (Lipinski definition) is 0. The molecule has 2 rings (SSSR count). The van der Waals surface area contributed by atoms with Gasteiger partial charge in [0.2, 0.25) is 5.88 Å². The maximum atomic E-state index is 6.05. The van der Waals surface area contributed by atoms with Crippen molar-refractivity contribution >= 4 is 34.8 Å². The molecule has 0 aromatic carbocycles. The second kappa shape index (κ2) is 5.44. The predicted molar refractivity (Wildman–Crippen MR) is 75.9 cm³/mol. The standard InChI is InChI=1S/C13H16Cl3NO/c1-13(2)5-3-8(4-6-13)18-12-10(15)7-9(14)11(16)17-12/h7-8H,3-6H2,1-2H3. The van der Waals surface area contributed by atoms with Crippen LogP contribution in [0.3, 0.4) is 0 Å². The summed E-state index contributed by atoms with van der Waals surface area (Å²) in [6.45, 7) is 4.57. The maximum absolute atomic E-state index is 6.05. The SMILES string of the molecule is CC1(C)CCC(Oc2nc(Cl)c(Cl)cc2Cl)CC1. The number of hydrogen-bond acceptors (Lipinski definition) is 2. The molecule has 0 amide bonds. The summed E-state index contributed by atoms with van der Waals surface area (Å²) in [6, 6.07) is 1.57. The van der Waals surface area contributed by atoms with E-state index in [9.17, 15) is 0 Å². The minimum Gasteiger partial charge on any atom is -0.473 e. The average molecular weight is 309 g/mol. The molecule has 1 fully saturated rings. The number of rotatable bonds is 2. The minimum absolute atomic E-state index is 0.167. The first-order valence-corrected chi connectivity index (χ1v) is 7.19. The first kappa shape index (κ1) is 14.2. The van der Waals surface area contributed by atoms with E-state index >= 15 is 0 Å². The van der Waals surface area contributed by atoms with Gasteiger partial charge in [-0.05, 0) is 37.2 Å². The summed E-state index contributed by atoms with van der Waals surface area (Å²) in [5, 5.41) is 0.986. The number of nitrogens with zero attached hydrogens (tertiary/aromatic N) is 1. The Morgan fingerprint density at radius 2 is 1.78 bits per heavy atom. The molecule has 1 saturated carbocycles. The molecule has 0 spiro atoms. The van der Waals surface area contributed by atoms with E-state index in [0.717, 1.165) is 25.7 Å². The third-order valence-electron chi connectivity index (χ3n) is 3.42. The molecule has 1 aliphatic carbocycles. The summed E-state index contributed by atoms with van der Waals surface area (Å²) in [4.78, 5) is 4.08. The molecule has 1 aliphatic rings. The van der Waals surface area contributed by atoms with Crippen molar-refractivity contribution in [2.75, 3.05) is 0 Å². The van der Waals surface area contributed by atoms with E-state index in [4.69, 9.17) is 39.5 Å². The summed E-state index contributed by atoms with van der Waals surface area (Å²) < 4.78 is 5.83. The topological polar surface area (TPSA) is 22.1 Å². The molecule has 0 N–H and O–H groups in total. The maximum Gasteiger partial charge on any atom is 0.234 e. The lowest BCUT2D eigenvalue weighted by Crippen LogP contribution is -2.28. The minimum atomic E-state index is 0.167. The Kier molecular flexibility index (Phi) is 4.30. The summed E-state index contributed by atoms with van der Waals surface area (Å²) >= 11 is 17.7. The average Bonchev–Trinajstić information content (AvgIpc) is 2.28. The highest BCUT2D eigenvalue weighted by Gasteiger charge is 2.28. The van der Waals surface area contributed by atoms with Crippen LogP contribution in [-0.4, -0.2) is 11.1 Å². The van der Waals surface area contributed by atoms with Gasteiger partial charge in [-0.2, -0.15) is 4.98 Å². The number of ether oxygens (including phenoxy) is 1. The first-order chi connectivity index (χ1) is 8.37. The van der Waals surface area contributed by atoms with E-state index in [0.29, 0.717) is 21.3 Å². The molecule has 0 unspecified atom stereocenters. The molecule has 2 nitrogen and oxygen atoms in total. The van der Waals surface area contributed by atoms with Gasteiger partial charge >= 0.3 is 0 Å². The smallest absolute Gasteiger partial charge is 0.234 e. The number of pyridine rings is 1. The second-order valence-corrected chi connectivity index (χ2v) is 6.70. The molecule has 0 atom stereocenters. The highest BCUT2D eigenvalue weighted by atomic mass is 35.5. The van der Waals surface area contributed by atoms with Crippen LogP contribution in [0.2, 0.25) is 15.2 Å². The monoisotopic (exact) mass is 307 g/mol. The van der Waals surface area contributed by atoms with Crippen molar-refractivity contribution in [2.45, 2.75) is 45.6 Å². The molecule has 1 heterocycles. The molecule has 0 bridgehead atoms. The Balaban J connectivity index is 2.04. The predicted octanol–water partition coefficient (Wildman–Crippen LogP) is 5.39. The van der Waals surface area contributed by atoms with Crippen LogP contribution in [0.15, 0.2) is 6.07 Å². The van der Waals surface area contributed by atoms with Gasteiger partial charge in [0.25, 0.3) is 0 Å². The van der Waals surface area contributed by atoms with Crippen LogP contribution in [0.5, 0.6) is 5.88 Å². The van der Waals surface area contributed by atoms with Crippen LogP contribution in [0.25, 0.3) is 0 Å². The molecule has 0 saturated heterocycles. The van der Waals surface area contributed by atoms with Gasteiger partial charge in [0.1, 0.15) is 11.1 Å². The van der Waals surface area contributed by atoms with Crippen LogP contribution in [0.4, 0.5) is 0 Å². The quantitative estimate of drug-likeness (QED) is 0.683. The Bertz CT molecular complexity index is 438. The van der Waals surface area contributed by atoms with Crippen molar-refractivity contribution in [1.29, 1.82) is 0 Å². The van der Waals surface area contributed by atoms with E-state index in [2.05, 4.69) is 18.8 Å². The van der Waals surface area contributed by atoms with Crippen molar-refractivity contribution < 1.29 is 4.74 Å². The largest absolute Gasteiger partial charge is 0.473 e. The van der Waals surface area contributed by atoms with Crippen LogP contribution < -0.4 is 4.74 Å². The van der Waals surface area contributed by atoms with Gasteiger partial charge in [0.05, 0.1) is 5.02 Å². The van der Waals surface area contributed by atoms with E-state index in [1.807, 2.05) is 0 Å². The second-order valence-electron chi connectivity index (χ2n) is 5.53. The molecular weight excluding hydrogens is 293 g/mol. The van der Waals surface area contributed by atoms with Crippen LogP contribution >= 0.6 is 34.8 Å². The van der Waals surface area contributed by atoms with Crippen molar-refractivity contribution in [1.82, 2.24) is 4.98 Å². The molecule has 100 valence electrons. The molecule has 1 aromatic rings. The first-order valence-electron chi connectivity index (χ1n) is 6.05. The van der Waals surface area contributed by atoms with Crippen molar-refractivity contribution in [3.63, 3.8) is 0 Å². The summed E-state index contributed by atoms with van der Waals surface area (Å²) in [7, 11) is 0. The van der Waals surface area contributed by atoms with Gasteiger partial charge in [-0.15, -0.1) is 0 Å². The molecule has 0 aliphatic heterocycles. The molecule has 1 aromatic heterocycles. The van der Waals surface area contributed by atoms with Gasteiger partial charge in [-0.1, -0.05) is 48.7 Å². The molecule has 18 heavy (non-hydrogen) atoms. The third-order valence-corrected chi connectivity index (χ3v) is 4.36. The van der Waals surface area contributed by atoms with E-state index in [-0.39, 0.29) is 11.3 Å². The van der Waals surface area contributed by atoms with Crippen molar-refractivity contribution in [2.24, 2.45) is 5.41 Å². The zero-order chi connectivity index (χ0) is 13.3. The van der Waals surface area contributed by atoms with Gasteiger partial charge in [-0.3, -0.25) is 0 Å². The van der Waals surface area contributed by atoms with Gasteiger partial charge < -0.3 is 4.74 Å². The Labute approximate surface area is 123 Å². The number of aromatic nitrogens is 1. The van der Waals surface area contributed by atoms with Crippen molar-refractivity contribution in [3.05, 3.63) is 21.3 Å². The summed E-state index contributed by atoms with van der Waals surface area (Å²) in [5.74, 6) is 0.385. The fraction of sp³-hybridized carbons (Fsp3) is 0.615. The van der Waals surface area contributed by atoms with Crippen LogP contribution in [-0.2, 0) is 0 Å². The Morgan fingerprint density at radius 1 is 1.17 bits per heavy atom. The van der Waals surface area contributed by atoms with Crippen molar-refractivity contribution in [3.8, 4) is 5.88 Å². The highest BCUT2D eigenvalue weighted by molar-refractivity contribution is 6.42. The zero-order valence-electron chi connectivity index (χ0n) is 10.5. The van der Waals surface area contributed by atoms with Crippen LogP contribution in [0.1, 0.15) is 39.5 Å². The summed E-state index contributed by atoms with van der Waals surface area (Å²) in [6.07, 6.45) is 4.50. The number of halogens is 3. The van der Waals surface area contributed by atoms with Gasteiger partial charge in [0.15, 0.2) is 5.15 Å². The zero-order valence-corrected chi connectivity index (χ0v) is 12.7. The lowest BCUT2D eigenvalue weighted by molar-refractivity contribution is 0.0950. The summed E-state index contributed by atoms with van der Waals surface area (Å²) in [5.41, 5.74) is 0.411. The van der Waals surface area contributed by atoms with Crippen LogP contribution in [0, 0.1) is 5.41 Å². The van der Waals surface area contributed by atoms with E-state index in [1.165, 1.54) is 0 Å². The Hall–Kier alpha value is -0.180. The van der Waals surface area contributed by atoms with E-state index < -0.39 is 0 Å². The Morgan fingerprint density at radius 3 is 2.39 bits per heavy atom.